The van der Waals surface area contributed by atoms with Crippen molar-refractivity contribution < 1.29 is 10.2 Å². The molecule has 1 aromatic heterocycles. The number of benzene rings is 1. The summed E-state index contributed by atoms with van der Waals surface area (Å²) in [7, 11) is 0. The van der Waals surface area contributed by atoms with Crippen LogP contribution < -0.4 is 0 Å². The summed E-state index contributed by atoms with van der Waals surface area (Å²) in [5, 5.41) is 26.2. The highest BCUT2D eigenvalue weighted by Gasteiger charge is 2.12. The minimum absolute atomic E-state index is 0.129. The molecule has 0 aliphatic rings. The van der Waals surface area contributed by atoms with Crippen molar-refractivity contribution in [1.82, 2.24) is 15.0 Å². The molecule has 5 nitrogen and oxygen atoms in total. The number of rotatable bonds is 2. The molecule has 6 heteroatoms. The van der Waals surface area contributed by atoms with E-state index in [1.165, 1.54) is 4.68 Å². The number of halogens is 1. The van der Waals surface area contributed by atoms with Gasteiger partial charge in [-0.15, -0.1) is 5.10 Å². The Balaban J connectivity index is 2.55. The van der Waals surface area contributed by atoms with E-state index in [4.69, 9.17) is 5.11 Å². The minimum Gasteiger partial charge on any atom is -0.506 e. The maximum Gasteiger partial charge on any atom is 0.141 e. The van der Waals surface area contributed by atoms with Gasteiger partial charge in [-0.2, -0.15) is 0 Å². The zero-order valence-corrected chi connectivity index (χ0v) is 9.79. The summed E-state index contributed by atoms with van der Waals surface area (Å²) in [4.78, 5) is 0. The van der Waals surface area contributed by atoms with Crippen LogP contribution in [0.4, 0.5) is 0 Å². The van der Waals surface area contributed by atoms with Gasteiger partial charge >= 0.3 is 0 Å². The van der Waals surface area contributed by atoms with Crippen LogP contribution >= 0.6 is 22.6 Å². The number of aromatic hydroxyl groups is 1. The van der Waals surface area contributed by atoms with Crippen LogP contribution in [0, 0.1) is 3.70 Å². The first-order chi connectivity index (χ1) is 7.24. The molecule has 0 atom stereocenters. The summed E-state index contributed by atoms with van der Waals surface area (Å²) in [5.41, 5.74) is 1.05. The normalized spacial score (nSPS) is 10.5. The average Bonchev–Trinajstić information content (AvgIpc) is 2.60. The van der Waals surface area contributed by atoms with Crippen LogP contribution in [0.25, 0.3) is 5.69 Å². The van der Waals surface area contributed by atoms with Gasteiger partial charge in [-0.1, -0.05) is 17.3 Å². The van der Waals surface area contributed by atoms with E-state index in [0.29, 0.717) is 15.1 Å². The Kier molecular flexibility index (Phi) is 2.87. The molecule has 0 aliphatic heterocycles. The molecule has 1 aromatic carbocycles. The molecule has 1 heterocycles. The van der Waals surface area contributed by atoms with E-state index < -0.39 is 0 Å². The van der Waals surface area contributed by atoms with Crippen LogP contribution in [0.3, 0.4) is 0 Å². The van der Waals surface area contributed by atoms with Gasteiger partial charge in [-0.3, -0.25) is 0 Å². The topological polar surface area (TPSA) is 71.2 Å². The van der Waals surface area contributed by atoms with E-state index >= 15 is 0 Å². The van der Waals surface area contributed by atoms with Crippen LogP contribution in [-0.4, -0.2) is 25.2 Å². The molecule has 78 valence electrons. The van der Waals surface area contributed by atoms with Crippen LogP contribution in [0.2, 0.25) is 0 Å². The van der Waals surface area contributed by atoms with Crippen molar-refractivity contribution in [3.8, 4) is 11.4 Å². The van der Waals surface area contributed by atoms with Crippen molar-refractivity contribution in [1.29, 1.82) is 0 Å². The lowest BCUT2D eigenvalue weighted by atomic mass is 10.3. The molecule has 0 aliphatic carbocycles. The van der Waals surface area contributed by atoms with Crippen molar-refractivity contribution >= 4 is 22.6 Å². The summed E-state index contributed by atoms with van der Waals surface area (Å²) >= 11 is 2.02. The molecule has 0 spiro atoms. The number of hydrogen-bond acceptors (Lipinski definition) is 4. The largest absolute Gasteiger partial charge is 0.506 e. The molecule has 0 radical (unpaired) electrons. The average molecular weight is 317 g/mol. The molecule has 0 fully saturated rings. The number of aliphatic hydroxyl groups excluding tert-OH is 1. The van der Waals surface area contributed by atoms with Crippen LogP contribution in [0.15, 0.2) is 24.3 Å². The van der Waals surface area contributed by atoms with Gasteiger partial charge in [0, 0.05) is 0 Å². The molecule has 15 heavy (non-hydrogen) atoms. The van der Waals surface area contributed by atoms with Gasteiger partial charge in [0.25, 0.3) is 0 Å². The zero-order valence-electron chi connectivity index (χ0n) is 7.63. The Bertz CT molecular complexity index is 484. The number of phenolic OH excluding ortho intramolecular Hbond substituents is 1. The maximum absolute atomic E-state index is 9.62. The second kappa shape index (κ2) is 4.15. The maximum atomic E-state index is 9.62. The van der Waals surface area contributed by atoms with Gasteiger partial charge in [0.15, 0.2) is 0 Å². The number of aromatic nitrogens is 3. The van der Waals surface area contributed by atoms with Crippen molar-refractivity contribution in [2.24, 2.45) is 0 Å². The van der Waals surface area contributed by atoms with Gasteiger partial charge in [-0.25, -0.2) is 4.68 Å². The Morgan fingerprint density at radius 2 is 2.07 bits per heavy atom. The smallest absolute Gasteiger partial charge is 0.141 e. The van der Waals surface area contributed by atoms with E-state index in [0.717, 1.165) is 0 Å². The standard InChI is InChI=1S/C9H8IN3O2/c10-9-6(5-14)11-12-13(9)7-3-1-2-4-8(7)15/h1-4,14-15H,5H2. The van der Waals surface area contributed by atoms with Crippen LogP contribution in [0.1, 0.15) is 5.69 Å². The third kappa shape index (κ3) is 1.82. The molecular weight excluding hydrogens is 309 g/mol. The Morgan fingerprint density at radius 3 is 2.67 bits per heavy atom. The van der Waals surface area contributed by atoms with Crippen molar-refractivity contribution in [2.45, 2.75) is 6.61 Å². The molecule has 2 aromatic rings. The van der Waals surface area contributed by atoms with Gasteiger partial charge in [-0.05, 0) is 34.7 Å². The van der Waals surface area contributed by atoms with Crippen molar-refractivity contribution in [2.75, 3.05) is 0 Å². The fourth-order valence-corrected chi connectivity index (χ4v) is 1.83. The lowest BCUT2D eigenvalue weighted by molar-refractivity contribution is 0.276. The molecule has 0 saturated carbocycles. The highest BCUT2D eigenvalue weighted by molar-refractivity contribution is 14.1. The van der Waals surface area contributed by atoms with Crippen molar-refractivity contribution in [3.63, 3.8) is 0 Å². The summed E-state index contributed by atoms with van der Waals surface area (Å²) in [5.74, 6) is 0.129. The lowest BCUT2D eigenvalue weighted by Crippen LogP contribution is -1.99. The van der Waals surface area contributed by atoms with E-state index in [1.807, 2.05) is 22.6 Å². The summed E-state index contributed by atoms with van der Waals surface area (Å²) in [6.07, 6.45) is 0. The summed E-state index contributed by atoms with van der Waals surface area (Å²) in [6.45, 7) is -0.161. The van der Waals surface area contributed by atoms with E-state index in [-0.39, 0.29) is 12.4 Å². The second-order valence-electron chi connectivity index (χ2n) is 2.89. The van der Waals surface area contributed by atoms with E-state index in [1.54, 1.807) is 24.3 Å². The second-order valence-corrected chi connectivity index (χ2v) is 3.91. The first-order valence-electron chi connectivity index (χ1n) is 4.23. The molecule has 2 rings (SSSR count). The molecular formula is C9H8IN3O2. The molecule has 0 amide bonds. The zero-order chi connectivity index (χ0) is 10.8. The molecule has 0 saturated heterocycles. The Morgan fingerprint density at radius 1 is 1.33 bits per heavy atom. The van der Waals surface area contributed by atoms with Crippen molar-refractivity contribution in [3.05, 3.63) is 33.7 Å². The number of nitrogens with zero attached hydrogens (tertiary/aromatic N) is 3. The highest BCUT2D eigenvalue weighted by Crippen LogP contribution is 2.22. The first-order valence-corrected chi connectivity index (χ1v) is 5.31. The van der Waals surface area contributed by atoms with Gasteiger partial charge < -0.3 is 10.2 Å². The third-order valence-electron chi connectivity index (χ3n) is 1.94. The van der Waals surface area contributed by atoms with Gasteiger partial charge in [0.2, 0.25) is 0 Å². The monoisotopic (exact) mass is 317 g/mol. The number of phenols is 1. The quantitative estimate of drug-likeness (QED) is 0.813. The molecule has 2 N–H and O–H groups in total. The van der Waals surface area contributed by atoms with Gasteiger partial charge in [0.05, 0.1) is 6.61 Å². The predicted octanol–water partition coefficient (Wildman–Crippen LogP) is 1.07. The minimum atomic E-state index is -0.161. The summed E-state index contributed by atoms with van der Waals surface area (Å²) < 4.78 is 2.18. The molecule has 0 unspecified atom stereocenters. The van der Waals surface area contributed by atoms with E-state index in [2.05, 4.69) is 10.3 Å². The van der Waals surface area contributed by atoms with Crippen LogP contribution in [-0.2, 0) is 6.61 Å². The number of hydrogen-bond donors (Lipinski definition) is 2. The number of aliphatic hydroxyl groups is 1. The van der Waals surface area contributed by atoms with E-state index in [9.17, 15) is 5.11 Å². The number of para-hydroxylation sites is 2. The summed E-state index contributed by atoms with van der Waals surface area (Å²) in [6, 6.07) is 6.83. The Labute approximate surface area is 99.5 Å². The first kappa shape index (κ1) is 10.4. The molecule has 0 bridgehead atoms. The predicted molar refractivity (Wildman–Crippen MR) is 61.7 cm³/mol. The third-order valence-corrected chi connectivity index (χ3v) is 3.02. The lowest BCUT2D eigenvalue weighted by Gasteiger charge is -2.03. The fraction of sp³-hybridized carbons (Fsp3) is 0.111. The SMILES string of the molecule is OCc1nnn(-c2ccccc2O)c1I. The fourth-order valence-electron chi connectivity index (χ4n) is 1.20. The van der Waals surface area contributed by atoms with Crippen LogP contribution in [0.5, 0.6) is 5.75 Å². The Hall–Kier alpha value is -1.15. The highest BCUT2D eigenvalue weighted by atomic mass is 127. The van der Waals surface area contributed by atoms with Gasteiger partial charge in [0.1, 0.15) is 20.8 Å².